The van der Waals surface area contributed by atoms with Crippen molar-refractivity contribution in [3.8, 4) is 17.3 Å². The zero-order valence-electron chi connectivity index (χ0n) is 17.5. The van der Waals surface area contributed by atoms with Crippen LogP contribution in [0.2, 0.25) is 0 Å². The largest absolute Gasteiger partial charge is 0.386 e. The van der Waals surface area contributed by atoms with Gasteiger partial charge in [-0.25, -0.2) is 18.0 Å². The molecule has 2 atom stereocenters. The van der Waals surface area contributed by atoms with Crippen LogP contribution in [0.4, 0.5) is 26.0 Å². The molecular formula is C21H24F2N6O2S. The van der Waals surface area contributed by atoms with Crippen molar-refractivity contribution in [3.05, 3.63) is 35.9 Å². The van der Waals surface area contributed by atoms with Gasteiger partial charge < -0.3 is 15.5 Å². The van der Waals surface area contributed by atoms with E-state index in [1.165, 1.54) is 0 Å². The van der Waals surface area contributed by atoms with Gasteiger partial charge in [-0.15, -0.1) is 0 Å². The van der Waals surface area contributed by atoms with Crippen LogP contribution in [0.1, 0.15) is 12.0 Å². The van der Waals surface area contributed by atoms with Gasteiger partial charge in [0.2, 0.25) is 0 Å². The highest BCUT2D eigenvalue weighted by Crippen LogP contribution is 2.49. The van der Waals surface area contributed by atoms with Gasteiger partial charge in [0.25, 0.3) is 17.2 Å². The van der Waals surface area contributed by atoms with Crippen LogP contribution in [0.3, 0.4) is 0 Å². The van der Waals surface area contributed by atoms with Crippen molar-refractivity contribution >= 4 is 28.5 Å². The molecule has 1 aromatic heterocycles. The molecule has 2 heterocycles. The van der Waals surface area contributed by atoms with Crippen molar-refractivity contribution in [2.75, 3.05) is 54.3 Å². The van der Waals surface area contributed by atoms with Gasteiger partial charge in [-0.05, 0) is 24.3 Å². The summed E-state index contributed by atoms with van der Waals surface area (Å²) in [4.78, 5) is 6.87. The van der Waals surface area contributed by atoms with Crippen molar-refractivity contribution in [3.63, 3.8) is 0 Å². The maximum Gasteiger partial charge on any atom is 0.261 e. The van der Waals surface area contributed by atoms with Gasteiger partial charge in [0, 0.05) is 57.7 Å². The number of nitrogens with zero attached hydrogens (tertiary/aromatic N) is 4. The zero-order valence-corrected chi connectivity index (χ0v) is 18.3. The van der Waals surface area contributed by atoms with E-state index in [2.05, 4.69) is 21.6 Å². The summed E-state index contributed by atoms with van der Waals surface area (Å²) in [6, 6.07) is 10.7. The third-order valence-electron chi connectivity index (χ3n) is 5.78. The molecule has 2 unspecified atom stereocenters. The molecule has 32 heavy (non-hydrogen) atoms. The highest BCUT2D eigenvalue weighted by atomic mass is 32.2. The summed E-state index contributed by atoms with van der Waals surface area (Å²) in [5.41, 5.74) is 2.35. The molecule has 0 radical (unpaired) electrons. The van der Waals surface area contributed by atoms with Crippen LogP contribution < -0.4 is 19.8 Å². The molecule has 1 saturated carbocycles. The molecule has 2 fully saturated rings. The number of nitrogens with one attached hydrogen (secondary N) is 2. The molecule has 1 aromatic carbocycles. The number of nitriles is 1. The van der Waals surface area contributed by atoms with E-state index in [1.807, 2.05) is 6.07 Å². The number of hydrogen-bond acceptors (Lipinski definition) is 6. The molecule has 0 amide bonds. The molecule has 1 aliphatic carbocycles. The molecule has 8 nitrogen and oxygen atoms in total. The van der Waals surface area contributed by atoms with Crippen LogP contribution in [-0.2, 0) is 11.3 Å². The first-order chi connectivity index (χ1) is 15.3. The first-order valence-corrected chi connectivity index (χ1v) is 11.4. The Labute approximate surface area is 187 Å². The fraction of sp³-hybridized carbons (Fsp3) is 0.429. The maximum absolute atomic E-state index is 13.4. The predicted octanol–water partition coefficient (Wildman–Crippen LogP) is 2.67. The Hall–Kier alpha value is -2.81. The fourth-order valence-corrected chi connectivity index (χ4v) is 4.48. The molecule has 2 aromatic rings. The summed E-state index contributed by atoms with van der Waals surface area (Å²) in [6.45, 7) is 3.09. The Morgan fingerprint density at radius 1 is 1.38 bits per heavy atom. The standard InChI is InChI=1S/C21H24F2N6O2S/c1-25-17-10-14(2-4-18(17)29(32(30)31)13-16-11-21(16,22)23)20-15(12-24)3-5-19(27-20)28-8-6-26-7-9-28/h2-5,10,16,25-26H,6-9,11,13H2,1H3,(H,30,31). The number of pyridine rings is 1. The van der Waals surface area contributed by atoms with E-state index in [-0.39, 0.29) is 13.0 Å². The molecule has 0 bridgehead atoms. The van der Waals surface area contributed by atoms with Gasteiger partial charge in [-0.2, -0.15) is 5.26 Å². The van der Waals surface area contributed by atoms with Gasteiger partial charge in [0.05, 0.1) is 22.6 Å². The number of rotatable bonds is 7. The zero-order chi connectivity index (χ0) is 22.9. The van der Waals surface area contributed by atoms with Gasteiger partial charge in [0.15, 0.2) is 0 Å². The third kappa shape index (κ3) is 4.53. The van der Waals surface area contributed by atoms with E-state index in [9.17, 15) is 22.8 Å². The topological polar surface area (TPSA) is 105 Å². The Morgan fingerprint density at radius 3 is 2.69 bits per heavy atom. The Kier molecular flexibility index (Phi) is 6.28. The second kappa shape index (κ2) is 8.97. The minimum Gasteiger partial charge on any atom is -0.386 e. The lowest BCUT2D eigenvalue weighted by atomic mass is 10.0. The van der Waals surface area contributed by atoms with E-state index in [1.54, 1.807) is 31.3 Å². The Balaban J connectivity index is 1.69. The van der Waals surface area contributed by atoms with E-state index < -0.39 is 23.1 Å². The van der Waals surface area contributed by atoms with E-state index in [0.29, 0.717) is 28.2 Å². The normalized spacial score (nSPS) is 20.3. The molecule has 170 valence electrons. The Morgan fingerprint density at radius 2 is 2.09 bits per heavy atom. The van der Waals surface area contributed by atoms with Crippen molar-refractivity contribution < 1.29 is 17.5 Å². The summed E-state index contributed by atoms with van der Waals surface area (Å²) in [7, 11) is 1.64. The Bertz CT molecular complexity index is 1070. The number of aromatic nitrogens is 1. The number of halogens is 2. The summed E-state index contributed by atoms with van der Waals surface area (Å²) in [5, 5.41) is 15.9. The highest BCUT2D eigenvalue weighted by Gasteiger charge is 2.57. The number of piperazine rings is 1. The highest BCUT2D eigenvalue weighted by molar-refractivity contribution is 7.80. The number of alkyl halides is 2. The second-order valence-corrected chi connectivity index (χ2v) is 8.75. The van der Waals surface area contributed by atoms with Crippen LogP contribution in [0.5, 0.6) is 0 Å². The number of anilines is 3. The van der Waals surface area contributed by atoms with Crippen molar-refractivity contribution in [1.29, 1.82) is 5.26 Å². The lowest BCUT2D eigenvalue weighted by Crippen LogP contribution is -2.43. The van der Waals surface area contributed by atoms with Gasteiger partial charge in [-0.3, -0.25) is 8.86 Å². The molecule has 0 spiro atoms. The van der Waals surface area contributed by atoms with Crippen LogP contribution in [0.15, 0.2) is 30.3 Å². The van der Waals surface area contributed by atoms with Crippen molar-refractivity contribution in [2.45, 2.75) is 12.3 Å². The van der Waals surface area contributed by atoms with Crippen molar-refractivity contribution in [2.24, 2.45) is 5.92 Å². The lowest BCUT2D eigenvalue weighted by Gasteiger charge is -2.29. The second-order valence-electron chi connectivity index (χ2n) is 7.85. The van der Waals surface area contributed by atoms with Gasteiger partial charge in [0.1, 0.15) is 11.9 Å². The minimum absolute atomic E-state index is 0.232. The van der Waals surface area contributed by atoms with Gasteiger partial charge >= 0.3 is 0 Å². The number of benzene rings is 1. The first-order valence-electron chi connectivity index (χ1n) is 10.3. The van der Waals surface area contributed by atoms with Gasteiger partial charge in [-0.1, -0.05) is 6.07 Å². The average Bonchev–Trinajstić information content (AvgIpc) is 3.42. The maximum atomic E-state index is 13.4. The monoisotopic (exact) mass is 462 g/mol. The number of hydrogen-bond donors (Lipinski definition) is 3. The van der Waals surface area contributed by atoms with Crippen LogP contribution in [0, 0.1) is 17.2 Å². The van der Waals surface area contributed by atoms with E-state index in [0.717, 1.165) is 36.3 Å². The quantitative estimate of drug-likeness (QED) is 0.544. The SMILES string of the molecule is CNc1cc(-c2nc(N3CCNCC3)ccc2C#N)ccc1N(CC1CC1(F)F)S(=O)O. The predicted molar refractivity (Wildman–Crippen MR) is 120 cm³/mol. The molecule has 1 saturated heterocycles. The summed E-state index contributed by atoms with van der Waals surface area (Å²) in [6.07, 6.45) is -0.290. The third-order valence-corrected chi connectivity index (χ3v) is 6.50. The van der Waals surface area contributed by atoms with Crippen LogP contribution in [0.25, 0.3) is 11.3 Å². The minimum atomic E-state index is -2.80. The molecule has 2 aliphatic rings. The summed E-state index contributed by atoms with van der Waals surface area (Å²) < 4.78 is 49.5. The summed E-state index contributed by atoms with van der Waals surface area (Å²) in [5.74, 6) is -2.98. The fourth-order valence-electron chi connectivity index (χ4n) is 3.84. The molecule has 1 aliphatic heterocycles. The van der Waals surface area contributed by atoms with Crippen LogP contribution >= 0.6 is 0 Å². The van der Waals surface area contributed by atoms with Crippen molar-refractivity contribution in [1.82, 2.24) is 10.3 Å². The summed E-state index contributed by atoms with van der Waals surface area (Å²) >= 11 is -2.46. The lowest BCUT2D eigenvalue weighted by molar-refractivity contribution is 0.101. The molecule has 11 heteroatoms. The molecular weight excluding hydrogens is 438 g/mol. The van der Waals surface area contributed by atoms with E-state index in [4.69, 9.17) is 4.98 Å². The van der Waals surface area contributed by atoms with E-state index >= 15 is 0 Å². The average molecular weight is 463 g/mol. The molecule has 3 N–H and O–H groups in total. The molecule has 4 rings (SSSR count). The first kappa shape index (κ1) is 22.4. The smallest absolute Gasteiger partial charge is 0.261 e. The van der Waals surface area contributed by atoms with Crippen LogP contribution in [-0.4, -0.2) is 59.4 Å².